The van der Waals surface area contributed by atoms with Crippen molar-refractivity contribution in [1.82, 2.24) is 15.3 Å². The summed E-state index contributed by atoms with van der Waals surface area (Å²) < 4.78 is 5.44. The van der Waals surface area contributed by atoms with Gasteiger partial charge in [-0.1, -0.05) is 18.2 Å². The van der Waals surface area contributed by atoms with Gasteiger partial charge in [0.1, 0.15) is 0 Å². The molecule has 0 bridgehead atoms. The number of nitrogens with zero attached hydrogens (tertiary/aromatic N) is 3. The van der Waals surface area contributed by atoms with Crippen LogP contribution in [0.1, 0.15) is 36.9 Å². The average molecular weight is 424 g/mol. The number of rotatable bonds is 7. The fourth-order valence-electron chi connectivity index (χ4n) is 4.20. The van der Waals surface area contributed by atoms with E-state index in [1.54, 1.807) is 0 Å². The second-order valence-corrected chi connectivity index (χ2v) is 8.48. The van der Waals surface area contributed by atoms with E-state index in [4.69, 9.17) is 26.6 Å². The molecule has 2 atom stereocenters. The van der Waals surface area contributed by atoms with Gasteiger partial charge in [0, 0.05) is 55.5 Å². The summed E-state index contributed by atoms with van der Waals surface area (Å²) in [6.07, 6.45) is 15.3. The van der Waals surface area contributed by atoms with E-state index in [2.05, 4.69) is 33.4 Å². The number of ether oxygens (including phenoxy) is 1. The smallest absolute Gasteiger partial charge is 0.225 e. The average Bonchev–Trinajstić information content (AvgIpc) is 3.34. The molecule has 6 N–H and O–H groups in total. The zero-order valence-electron chi connectivity index (χ0n) is 18.0. The lowest BCUT2D eigenvalue weighted by Crippen LogP contribution is -2.40. The van der Waals surface area contributed by atoms with Crippen LogP contribution < -0.4 is 21.7 Å². The minimum Gasteiger partial charge on any atom is -0.385 e. The molecule has 1 aromatic rings. The molecule has 2 fully saturated rings. The molecule has 3 aliphatic rings. The predicted molar refractivity (Wildman–Crippen MR) is 125 cm³/mol. The lowest BCUT2D eigenvalue weighted by molar-refractivity contribution is 0.192. The SMILES string of the molecule is N=C/C(=C\NC1CCOC1)c1cnc(N2CCC(N)CC2)nc1C1=CC(CN)CC=C1. The summed E-state index contributed by atoms with van der Waals surface area (Å²) in [5.74, 6) is 1.01. The van der Waals surface area contributed by atoms with Crippen molar-refractivity contribution in [3.05, 3.63) is 41.9 Å². The third kappa shape index (κ3) is 5.20. The molecule has 8 heteroatoms. The van der Waals surface area contributed by atoms with Gasteiger partial charge in [0.05, 0.1) is 18.3 Å². The van der Waals surface area contributed by atoms with Crippen LogP contribution in [0.3, 0.4) is 0 Å². The zero-order chi connectivity index (χ0) is 21.6. The summed E-state index contributed by atoms with van der Waals surface area (Å²) in [6.45, 7) is 3.77. The number of hydrogen-bond donors (Lipinski definition) is 4. The molecule has 2 saturated heterocycles. The summed E-state index contributed by atoms with van der Waals surface area (Å²) in [5, 5.41) is 11.4. The van der Waals surface area contributed by atoms with Crippen LogP contribution in [0.15, 0.2) is 30.6 Å². The molecule has 0 spiro atoms. The van der Waals surface area contributed by atoms with Crippen molar-refractivity contribution >= 4 is 23.3 Å². The molecule has 0 saturated carbocycles. The number of allylic oxidation sites excluding steroid dienone is 4. The highest BCUT2D eigenvalue weighted by atomic mass is 16.5. The molecule has 1 aromatic heterocycles. The van der Waals surface area contributed by atoms with Crippen LogP contribution in [0.4, 0.5) is 5.95 Å². The van der Waals surface area contributed by atoms with Crippen molar-refractivity contribution < 1.29 is 4.74 Å². The first-order valence-electron chi connectivity index (χ1n) is 11.2. The second-order valence-electron chi connectivity index (χ2n) is 8.48. The molecule has 166 valence electrons. The maximum Gasteiger partial charge on any atom is 0.225 e. The van der Waals surface area contributed by atoms with E-state index in [9.17, 15) is 0 Å². The highest BCUT2D eigenvalue weighted by molar-refractivity contribution is 6.10. The Balaban J connectivity index is 1.69. The molecular formula is C23H33N7O. The van der Waals surface area contributed by atoms with Gasteiger partial charge >= 0.3 is 0 Å². The van der Waals surface area contributed by atoms with E-state index in [1.165, 1.54) is 6.21 Å². The second kappa shape index (κ2) is 10.2. The molecule has 1 aliphatic carbocycles. The molecule has 0 aromatic carbocycles. The quantitative estimate of drug-likeness (QED) is 0.492. The fourth-order valence-corrected chi connectivity index (χ4v) is 4.20. The van der Waals surface area contributed by atoms with E-state index in [0.717, 1.165) is 73.7 Å². The summed E-state index contributed by atoms with van der Waals surface area (Å²) in [5.41, 5.74) is 15.5. The van der Waals surface area contributed by atoms with Gasteiger partial charge in [-0.05, 0) is 43.7 Å². The van der Waals surface area contributed by atoms with Gasteiger partial charge in [0.25, 0.3) is 0 Å². The Morgan fingerprint density at radius 3 is 2.87 bits per heavy atom. The zero-order valence-corrected chi connectivity index (χ0v) is 18.0. The first kappa shape index (κ1) is 21.7. The topological polar surface area (TPSA) is 126 Å². The Labute approximate surface area is 184 Å². The minimum absolute atomic E-state index is 0.252. The molecule has 0 amide bonds. The number of hydrogen-bond acceptors (Lipinski definition) is 8. The van der Waals surface area contributed by atoms with Crippen molar-refractivity contribution in [1.29, 1.82) is 5.41 Å². The summed E-state index contributed by atoms with van der Waals surface area (Å²) in [4.78, 5) is 11.9. The molecule has 4 rings (SSSR count). The summed E-state index contributed by atoms with van der Waals surface area (Å²) >= 11 is 0. The van der Waals surface area contributed by atoms with Crippen LogP contribution in [0, 0.1) is 11.3 Å². The Bertz CT molecular complexity index is 865. The maximum atomic E-state index is 8.03. The van der Waals surface area contributed by atoms with Gasteiger partial charge in [-0.25, -0.2) is 9.97 Å². The van der Waals surface area contributed by atoms with E-state index >= 15 is 0 Å². The van der Waals surface area contributed by atoms with Gasteiger partial charge in [0.15, 0.2) is 0 Å². The van der Waals surface area contributed by atoms with E-state index in [0.29, 0.717) is 19.1 Å². The van der Waals surface area contributed by atoms with Gasteiger partial charge in [-0.3, -0.25) is 0 Å². The normalized spacial score (nSPS) is 24.9. The Morgan fingerprint density at radius 2 is 2.16 bits per heavy atom. The Hall–Kier alpha value is -2.55. The third-order valence-electron chi connectivity index (χ3n) is 6.20. The van der Waals surface area contributed by atoms with Gasteiger partial charge in [0.2, 0.25) is 5.95 Å². The minimum atomic E-state index is 0.252. The van der Waals surface area contributed by atoms with Crippen molar-refractivity contribution in [3.63, 3.8) is 0 Å². The van der Waals surface area contributed by atoms with Crippen molar-refractivity contribution in [2.24, 2.45) is 17.4 Å². The van der Waals surface area contributed by atoms with Crippen molar-refractivity contribution in [2.75, 3.05) is 37.7 Å². The number of piperidine rings is 1. The van der Waals surface area contributed by atoms with Crippen LogP contribution in [-0.4, -0.2) is 61.1 Å². The van der Waals surface area contributed by atoms with Crippen molar-refractivity contribution in [3.8, 4) is 0 Å². The van der Waals surface area contributed by atoms with E-state index in [-0.39, 0.29) is 12.1 Å². The monoisotopic (exact) mass is 423 g/mol. The highest BCUT2D eigenvalue weighted by Gasteiger charge is 2.22. The van der Waals surface area contributed by atoms with E-state index < -0.39 is 0 Å². The van der Waals surface area contributed by atoms with Crippen LogP contribution in [0.25, 0.3) is 11.1 Å². The van der Waals surface area contributed by atoms with Gasteiger partial charge < -0.3 is 31.8 Å². The lowest BCUT2D eigenvalue weighted by Gasteiger charge is -2.30. The van der Waals surface area contributed by atoms with Gasteiger partial charge in [-0.15, -0.1) is 0 Å². The molecular weight excluding hydrogens is 390 g/mol. The number of nitrogens with two attached hydrogens (primary N) is 2. The van der Waals surface area contributed by atoms with Crippen LogP contribution >= 0.6 is 0 Å². The molecule has 31 heavy (non-hydrogen) atoms. The standard InChI is InChI=1S/C23H33N7O/c24-11-16-2-1-3-17(10-16)22-21(18(12-25)13-27-20-6-9-31-15-20)14-28-23(29-22)30-7-4-19(26)5-8-30/h1,3,10,12-14,16,19-20,25,27H,2,4-9,11,15,24,26H2/b18-13+,25-12?. The number of nitrogens with one attached hydrogen (secondary N) is 2. The number of aromatic nitrogens is 2. The largest absolute Gasteiger partial charge is 0.385 e. The number of anilines is 1. The molecule has 2 aliphatic heterocycles. The molecule has 0 radical (unpaired) electrons. The van der Waals surface area contributed by atoms with Crippen molar-refractivity contribution in [2.45, 2.75) is 37.8 Å². The first-order chi connectivity index (χ1) is 15.2. The molecule has 2 unspecified atom stereocenters. The van der Waals surface area contributed by atoms with Crippen LogP contribution in [0.5, 0.6) is 0 Å². The Morgan fingerprint density at radius 1 is 1.32 bits per heavy atom. The summed E-state index contributed by atoms with van der Waals surface area (Å²) in [6, 6.07) is 0.522. The maximum absolute atomic E-state index is 8.03. The lowest BCUT2D eigenvalue weighted by atomic mass is 9.92. The van der Waals surface area contributed by atoms with Crippen LogP contribution in [-0.2, 0) is 4.74 Å². The predicted octanol–water partition coefficient (Wildman–Crippen LogP) is 1.69. The highest BCUT2D eigenvalue weighted by Crippen LogP contribution is 2.30. The van der Waals surface area contributed by atoms with E-state index in [1.807, 2.05) is 12.4 Å². The Kier molecular flexibility index (Phi) is 7.11. The molecule has 8 nitrogen and oxygen atoms in total. The van der Waals surface area contributed by atoms with Gasteiger partial charge in [-0.2, -0.15) is 0 Å². The first-order valence-corrected chi connectivity index (χ1v) is 11.2. The van der Waals surface area contributed by atoms with Crippen LogP contribution in [0.2, 0.25) is 0 Å². The third-order valence-corrected chi connectivity index (χ3v) is 6.20. The summed E-state index contributed by atoms with van der Waals surface area (Å²) in [7, 11) is 0. The fraction of sp³-hybridized carbons (Fsp3) is 0.522. The molecule has 3 heterocycles.